The standard InChI is InChI=1S/C28H28N6/c1-19-15-26-30-17-23-16-25(21-5-3-2-4-6-21)27(31-28(23)34(26)32-19)22-9-7-20(8-10-22)18-33-13-11-24(29)12-14-33/h2-10,15-17,24H,11-14,18,29H2,1H3. The van der Waals surface area contributed by atoms with E-state index in [9.17, 15) is 0 Å². The number of nitrogens with two attached hydrogens (primary N) is 1. The fourth-order valence-corrected chi connectivity index (χ4v) is 4.85. The molecule has 6 heteroatoms. The van der Waals surface area contributed by atoms with E-state index in [1.807, 2.05) is 29.8 Å². The van der Waals surface area contributed by atoms with Crippen LogP contribution in [0.5, 0.6) is 0 Å². The van der Waals surface area contributed by atoms with Gasteiger partial charge in [0.1, 0.15) is 0 Å². The average Bonchev–Trinajstić information content (AvgIpc) is 3.26. The number of hydrogen-bond donors (Lipinski definition) is 1. The first-order valence-electron chi connectivity index (χ1n) is 11.9. The summed E-state index contributed by atoms with van der Waals surface area (Å²) in [5, 5.41) is 5.61. The third-order valence-electron chi connectivity index (χ3n) is 6.73. The van der Waals surface area contributed by atoms with E-state index in [0.717, 1.165) is 77.2 Å². The Balaban J connectivity index is 1.43. The van der Waals surface area contributed by atoms with Gasteiger partial charge in [0.05, 0.1) is 11.4 Å². The first-order valence-corrected chi connectivity index (χ1v) is 11.9. The van der Waals surface area contributed by atoms with E-state index in [1.165, 1.54) is 5.56 Å². The van der Waals surface area contributed by atoms with Crippen LogP contribution in [0.1, 0.15) is 24.1 Å². The molecule has 1 fully saturated rings. The van der Waals surface area contributed by atoms with Crippen molar-refractivity contribution in [3.63, 3.8) is 0 Å². The van der Waals surface area contributed by atoms with Crippen LogP contribution in [0, 0.1) is 6.92 Å². The van der Waals surface area contributed by atoms with Gasteiger partial charge in [0.2, 0.25) is 0 Å². The lowest BCUT2D eigenvalue weighted by Gasteiger charge is -2.30. The Labute approximate surface area is 199 Å². The van der Waals surface area contributed by atoms with Crippen LogP contribution in [-0.2, 0) is 6.54 Å². The summed E-state index contributed by atoms with van der Waals surface area (Å²) in [5.74, 6) is 0. The normalized spacial score (nSPS) is 15.4. The van der Waals surface area contributed by atoms with Gasteiger partial charge in [-0.15, -0.1) is 0 Å². The van der Waals surface area contributed by atoms with Crippen LogP contribution in [0.4, 0.5) is 0 Å². The van der Waals surface area contributed by atoms with Crippen molar-refractivity contribution in [3.8, 4) is 22.4 Å². The summed E-state index contributed by atoms with van der Waals surface area (Å²) >= 11 is 0. The van der Waals surface area contributed by atoms with Crippen molar-refractivity contribution in [3.05, 3.63) is 84.2 Å². The van der Waals surface area contributed by atoms with E-state index < -0.39 is 0 Å². The summed E-state index contributed by atoms with van der Waals surface area (Å²) < 4.78 is 1.85. The molecule has 2 aromatic carbocycles. The zero-order valence-corrected chi connectivity index (χ0v) is 19.4. The van der Waals surface area contributed by atoms with E-state index in [0.29, 0.717) is 6.04 Å². The van der Waals surface area contributed by atoms with E-state index in [4.69, 9.17) is 10.7 Å². The number of fused-ring (bicyclic) bond motifs is 3. The summed E-state index contributed by atoms with van der Waals surface area (Å²) in [7, 11) is 0. The summed E-state index contributed by atoms with van der Waals surface area (Å²) in [5.41, 5.74) is 14.2. The molecule has 1 saturated heterocycles. The smallest absolute Gasteiger partial charge is 0.165 e. The van der Waals surface area contributed by atoms with E-state index in [-0.39, 0.29) is 0 Å². The minimum atomic E-state index is 0.356. The van der Waals surface area contributed by atoms with Crippen LogP contribution in [0.3, 0.4) is 0 Å². The van der Waals surface area contributed by atoms with Gasteiger partial charge < -0.3 is 5.73 Å². The average molecular weight is 449 g/mol. The molecule has 0 spiro atoms. The maximum absolute atomic E-state index is 6.07. The molecule has 6 nitrogen and oxygen atoms in total. The fourth-order valence-electron chi connectivity index (χ4n) is 4.85. The molecule has 0 aliphatic carbocycles. The Kier molecular flexibility index (Phi) is 5.32. The van der Waals surface area contributed by atoms with Crippen molar-refractivity contribution in [1.29, 1.82) is 0 Å². The number of likely N-dealkylation sites (tertiary alicyclic amines) is 1. The maximum Gasteiger partial charge on any atom is 0.165 e. The van der Waals surface area contributed by atoms with Gasteiger partial charge in [0.25, 0.3) is 0 Å². The highest BCUT2D eigenvalue weighted by molar-refractivity contribution is 5.90. The van der Waals surface area contributed by atoms with Crippen LogP contribution >= 0.6 is 0 Å². The Hall–Kier alpha value is -3.61. The van der Waals surface area contributed by atoms with Gasteiger partial charge in [-0.1, -0.05) is 54.6 Å². The molecule has 170 valence electrons. The molecule has 0 radical (unpaired) electrons. The highest BCUT2D eigenvalue weighted by atomic mass is 15.3. The Bertz CT molecular complexity index is 1450. The number of piperidine rings is 1. The number of hydrogen-bond acceptors (Lipinski definition) is 5. The number of benzene rings is 2. The molecule has 0 atom stereocenters. The van der Waals surface area contributed by atoms with Crippen molar-refractivity contribution in [2.75, 3.05) is 13.1 Å². The first kappa shape index (κ1) is 21.0. The third-order valence-corrected chi connectivity index (χ3v) is 6.73. The van der Waals surface area contributed by atoms with Gasteiger partial charge in [-0.3, -0.25) is 4.90 Å². The van der Waals surface area contributed by atoms with Gasteiger partial charge in [-0.2, -0.15) is 9.61 Å². The minimum Gasteiger partial charge on any atom is -0.328 e. The highest BCUT2D eigenvalue weighted by Crippen LogP contribution is 2.33. The number of rotatable bonds is 4. The molecule has 0 amide bonds. The lowest BCUT2D eigenvalue weighted by Crippen LogP contribution is -2.39. The predicted octanol–water partition coefficient (Wildman–Crippen LogP) is 4.84. The summed E-state index contributed by atoms with van der Waals surface area (Å²) in [6, 6.07) is 23.8. The van der Waals surface area contributed by atoms with Crippen LogP contribution in [0.2, 0.25) is 0 Å². The zero-order valence-electron chi connectivity index (χ0n) is 19.4. The zero-order chi connectivity index (χ0) is 23.1. The van der Waals surface area contributed by atoms with Crippen molar-refractivity contribution < 1.29 is 0 Å². The van der Waals surface area contributed by atoms with Gasteiger partial charge >= 0.3 is 0 Å². The Morgan fingerprint density at radius 3 is 2.47 bits per heavy atom. The molecule has 0 unspecified atom stereocenters. The largest absolute Gasteiger partial charge is 0.328 e. The number of aromatic nitrogens is 4. The summed E-state index contributed by atoms with van der Waals surface area (Å²) in [6.45, 7) is 5.08. The van der Waals surface area contributed by atoms with Crippen LogP contribution < -0.4 is 5.73 Å². The van der Waals surface area contributed by atoms with Crippen molar-refractivity contribution in [2.24, 2.45) is 5.73 Å². The Morgan fingerprint density at radius 2 is 1.71 bits per heavy atom. The van der Waals surface area contributed by atoms with Crippen LogP contribution in [0.15, 0.2) is 72.9 Å². The topological polar surface area (TPSA) is 72.3 Å². The van der Waals surface area contributed by atoms with Crippen LogP contribution in [0.25, 0.3) is 39.1 Å². The SMILES string of the molecule is Cc1cc2ncc3cc(-c4ccccc4)c(-c4ccc(CN5CCC(N)CC5)cc4)nc3n2n1. The molecular formula is C28H28N6. The second-order valence-corrected chi connectivity index (χ2v) is 9.29. The lowest BCUT2D eigenvalue weighted by molar-refractivity contribution is 0.205. The Morgan fingerprint density at radius 1 is 0.941 bits per heavy atom. The van der Waals surface area contributed by atoms with E-state index in [2.05, 4.69) is 69.6 Å². The number of pyridine rings is 1. The molecular weight excluding hydrogens is 420 g/mol. The molecule has 5 aromatic rings. The quantitative estimate of drug-likeness (QED) is 0.426. The van der Waals surface area contributed by atoms with Gasteiger partial charge in [0, 0.05) is 41.4 Å². The first-order chi connectivity index (χ1) is 16.6. The number of aryl methyl sites for hydroxylation is 1. The van der Waals surface area contributed by atoms with Crippen molar-refractivity contribution in [2.45, 2.75) is 32.4 Å². The molecule has 1 aliphatic rings. The molecule has 6 rings (SSSR count). The fraction of sp³-hybridized carbons (Fsp3) is 0.250. The second kappa shape index (κ2) is 8.63. The molecule has 0 bridgehead atoms. The third kappa shape index (κ3) is 3.95. The van der Waals surface area contributed by atoms with E-state index in [1.54, 1.807) is 0 Å². The summed E-state index contributed by atoms with van der Waals surface area (Å²) in [6.07, 6.45) is 4.05. The highest BCUT2D eigenvalue weighted by Gasteiger charge is 2.17. The minimum absolute atomic E-state index is 0.356. The monoisotopic (exact) mass is 448 g/mol. The predicted molar refractivity (Wildman–Crippen MR) is 136 cm³/mol. The van der Waals surface area contributed by atoms with Crippen LogP contribution in [-0.4, -0.2) is 43.6 Å². The maximum atomic E-state index is 6.07. The van der Waals surface area contributed by atoms with E-state index >= 15 is 0 Å². The molecule has 34 heavy (non-hydrogen) atoms. The van der Waals surface area contributed by atoms with Gasteiger partial charge in [-0.25, -0.2) is 9.97 Å². The molecule has 3 aromatic heterocycles. The molecule has 1 aliphatic heterocycles. The van der Waals surface area contributed by atoms with Gasteiger partial charge in [0.15, 0.2) is 11.3 Å². The molecule has 4 heterocycles. The van der Waals surface area contributed by atoms with Crippen molar-refractivity contribution >= 4 is 16.7 Å². The lowest BCUT2D eigenvalue weighted by atomic mass is 9.97. The number of nitrogens with zero attached hydrogens (tertiary/aromatic N) is 5. The van der Waals surface area contributed by atoms with Gasteiger partial charge in [-0.05, 0) is 50.0 Å². The second-order valence-electron chi connectivity index (χ2n) is 9.29. The summed E-state index contributed by atoms with van der Waals surface area (Å²) in [4.78, 5) is 12.2. The molecule has 0 saturated carbocycles. The van der Waals surface area contributed by atoms with Crippen molar-refractivity contribution in [1.82, 2.24) is 24.5 Å². The molecule has 2 N–H and O–H groups in total.